The minimum absolute atomic E-state index is 0.426. The number of anilines is 1. The molecular formula is C25H37N5O3. The first-order valence-electron chi connectivity index (χ1n) is 12.2. The maximum absolute atomic E-state index is 11.8. The number of unbranched alkanes of at least 4 members (excludes halogenated alkanes) is 1. The van der Waals surface area contributed by atoms with Gasteiger partial charge in [-0.2, -0.15) is 0 Å². The lowest BCUT2D eigenvalue weighted by Gasteiger charge is -2.24. The molecular weight excluding hydrogens is 418 g/mol. The fourth-order valence-electron chi connectivity index (χ4n) is 4.17. The van der Waals surface area contributed by atoms with Crippen molar-refractivity contribution < 1.29 is 14.6 Å². The summed E-state index contributed by atoms with van der Waals surface area (Å²) in [5.41, 5.74) is 3.23. The molecule has 0 fully saturated rings. The number of aryl methyl sites for hydroxylation is 2. The molecule has 180 valence electrons. The van der Waals surface area contributed by atoms with Crippen LogP contribution in [-0.4, -0.2) is 70.3 Å². The van der Waals surface area contributed by atoms with Crippen molar-refractivity contribution in [3.8, 4) is 0 Å². The molecule has 0 bridgehead atoms. The van der Waals surface area contributed by atoms with E-state index in [1.807, 2.05) is 6.92 Å². The number of aromatic nitrogens is 3. The molecule has 1 atom stereocenters. The normalized spacial score (nSPS) is 14.0. The summed E-state index contributed by atoms with van der Waals surface area (Å²) in [5, 5.41) is 13.1. The molecule has 2 aromatic heterocycles. The van der Waals surface area contributed by atoms with Crippen LogP contribution in [0.3, 0.4) is 0 Å². The van der Waals surface area contributed by atoms with Crippen LogP contribution in [0.1, 0.15) is 49.6 Å². The summed E-state index contributed by atoms with van der Waals surface area (Å²) in [5.74, 6) is -0.173. The fourth-order valence-corrected chi connectivity index (χ4v) is 4.17. The summed E-state index contributed by atoms with van der Waals surface area (Å²) in [6.07, 6.45) is 9.48. The predicted octanol–water partition coefficient (Wildman–Crippen LogP) is 3.22. The molecule has 3 rings (SSSR count). The van der Waals surface area contributed by atoms with Gasteiger partial charge in [-0.05, 0) is 76.2 Å². The number of carbonyl (C=O) groups is 1. The van der Waals surface area contributed by atoms with Gasteiger partial charge in [0.25, 0.3) is 0 Å². The second-order valence-corrected chi connectivity index (χ2v) is 8.56. The van der Waals surface area contributed by atoms with Crippen molar-refractivity contribution in [2.75, 3.05) is 44.7 Å². The summed E-state index contributed by atoms with van der Waals surface area (Å²) in [4.78, 5) is 27.0. The molecule has 0 amide bonds. The van der Waals surface area contributed by atoms with Crippen LogP contribution in [0.2, 0.25) is 0 Å². The predicted molar refractivity (Wildman–Crippen MR) is 128 cm³/mol. The van der Waals surface area contributed by atoms with E-state index in [9.17, 15) is 9.90 Å². The van der Waals surface area contributed by atoms with Gasteiger partial charge in [0.15, 0.2) is 0 Å². The number of nitrogens with zero attached hydrogens (tertiary/aromatic N) is 4. The molecule has 2 N–H and O–H groups in total. The molecule has 1 aliphatic heterocycles. The molecule has 0 saturated carbocycles. The number of rotatable bonds is 15. The number of carboxylic acid groups (broad SMARTS) is 1. The summed E-state index contributed by atoms with van der Waals surface area (Å²) in [6.45, 7) is 6.83. The summed E-state index contributed by atoms with van der Waals surface area (Å²) >= 11 is 0. The standard InChI is InChI=1S/C25H37N5O3/c1-2-33-17-16-30(15-11-21(25(31)32)18-23-10-13-26-19-28-23)14-4-3-7-22-9-8-20-6-5-12-27-24(20)29-22/h8-10,13,19,21H,2-7,11-12,14-18H2,1H3,(H,27,29)(H,31,32)/t21-/m1/s1. The molecule has 2 aromatic rings. The molecule has 0 spiro atoms. The molecule has 0 aliphatic carbocycles. The first kappa shape index (κ1) is 25.1. The lowest BCUT2D eigenvalue weighted by Crippen LogP contribution is -2.32. The summed E-state index contributed by atoms with van der Waals surface area (Å²) in [6, 6.07) is 6.15. The van der Waals surface area contributed by atoms with Crippen LogP contribution in [0, 0.1) is 5.92 Å². The number of aliphatic carboxylic acids is 1. The van der Waals surface area contributed by atoms with Crippen LogP contribution >= 0.6 is 0 Å². The van der Waals surface area contributed by atoms with Crippen molar-refractivity contribution in [2.45, 2.75) is 51.9 Å². The van der Waals surface area contributed by atoms with E-state index in [2.05, 4.69) is 32.3 Å². The largest absolute Gasteiger partial charge is 0.481 e. The van der Waals surface area contributed by atoms with Crippen molar-refractivity contribution in [1.29, 1.82) is 0 Å². The zero-order valence-electron chi connectivity index (χ0n) is 19.7. The van der Waals surface area contributed by atoms with Gasteiger partial charge in [0, 0.05) is 43.7 Å². The third kappa shape index (κ3) is 8.70. The van der Waals surface area contributed by atoms with Gasteiger partial charge in [-0.1, -0.05) is 6.07 Å². The zero-order valence-corrected chi connectivity index (χ0v) is 19.7. The van der Waals surface area contributed by atoms with Gasteiger partial charge in [0.1, 0.15) is 12.1 Å². The second-order valence-electron chi connectivity index (χ2n) is 8.56. The Hall–Kier alpha value is -2.58. The lowest BCUT2D eigenvalue weighted by atomic mass is 9.99. The Morgan fingerprint density at radius 3 is 2.91 bits per heavy atom. The zero-order chi connectivity index (χ0) is 23.3. The first-order valence-corrected chi connectivity index (χ1v) is 12.2. The van der Waals surface area contributed by atoms with Crippen LogP contribution < -0.4 is 5.32 Å². The second kappa shape index (κ2) is 13.9. The van der Waals surface area contributed by atoms with Crippen molar-refractivity contribution in [1.82, 2.24) is 19.9 Å². The van der Waals surface area contributed by atoms with Crippen LogP contribution in [-0.2, 0) is 28.8 Å². The van der Waals surface area contributed by atoms with Crippen molar-refractivity contribution in [3.05, 3.63) is 47.7 Å². The van der Waals surface area contributed by atoms with Gasteiger partial charge in [-0.3, -0.25) is 4.79 Å². The van der Waals surface area contributed by atoms with Crippen molar-refractivity contribution in [2.24, 2.45) is 5.92 Å². The molecule has 0 aromatic carbocycles. The minimum atomic E-state index is -0.773. The smallest absolute Gasteiger partial charge is 0.306 e. The first-order chi connectivity index (χ1) is 16.2. The molecule has 3 heterocycles. The van der Waals surface area contributed by atoms with E-state index in [0.29, 0.717) is 26.1 Å². The number of pyridine rings is 1. The quantitative estimate of drug-likeness (QED) is 0.395. The maximum atomic E-state index is 11.8. The fraction of sp³-hybridized carbons (Fsp3) is 0.600. The Morgan fingerprint density at radius 2 is 2.12 bits per heavy atom. The molecule has 0 unspecified atom stereocenters. The molecule has 0 saturated heterocycles. The molecule has 1 aliphatic rings. The highest BCUT2D eigenvalue weighted by Gasteiger charge is 2.20. The number of carboxylic acids is 1. The van der Waals surface area contributed by atoms with E-state index in [0.717, 1.165) is 69.1 Å². The van der Waals surface area contributed by atoms with Gasteiger partial charge < -0.3 is 20.1 Å². The topological polar surface area (TPSA) is 100 Å². The highest BCUT2D eigenvalue weighted by atomic mass is 16.5. The number of fused-ring (bicyclic) bond motifs is 1. The Labute approximate surface area is 196 Å². The van der Waals surface area contributed by atoms with E-state index in [4.69, 9.17) is 9.72 Å². The van der Waals surface area contributed by atoms with E-state index >= 15 is 0 Å². The number of hydrogen-bond acceptors (Lipinski definition) is 7. The van der Waals surface area contributed by atoms with Crippen LogP contribution in [0.25, 0.3) is 0 Å². The number of ether oxygens (including phenoxy) is 1. The summed E-state index contributed by atoms with van der Waals surface area (Å²) in [7, 11) is 0. The lowest BCUT2D eigenvalue weighted by molar-refractivity contribution is -0.142. The monoisotopic (exact) mass is 455 g/mol. The minimum Gasteiger partial charge on any atom is -0.481 e. The van der Waals surface area contributed by atoms with Crippen LogP contribution in [0.4, 0.5) is 5.82 Å². The number of hydrogen-bond donors (Lipinski definition) is 2. The highest BCUT2D eigenvalue weighted by molar-refractivity contribution is 5.70. The summed E-state index contributed by atoms with van der Waals surface area (Å²) < 4.78 is 5.55. The van der Waals surface area contributed by atoms with E-state index in [1.54, 1.807) is 12.3 Å². The SMILES string of the molecule is CCOCCN(CCCCc1ccc2c(n1)NCCC2)CC[C@H](Cc1ccncn1)C(=O)O. The van der Waals surface area contributed by atoms with E-state index in [1.165, 1.54) is 18.3 Å². The van der Waals surface area contributed by atoms with Crippen LogP contribution in [0.5, 0.6) is 0 Å². The van der Waals surface area contributed by atoms with E-state index < -0.39 is 11.9 Å². The average Bonchev–Trinajstić information content (AvgIpc) is 2.84. The average molecular weight is 456 g/mol. The third-order valence-electron chi connectivity index (χ3n) is 6.11. The van der Waals surface area contributed by atoms with Crippen LogP contribution in [0.15, 0.2) is 30.7 Å². The maximum Gasteiger partial charge on any atom is 0.306 e. The van der Waals surface area contributed by atoms with E-state index in [-0.39, 0.29) is 0 Å². The Kier molecular flexibility index (Phi) is 10.5. The Bertz CT molecular complexity index is 849. The molecule has 33 heavy (non-hydrogen) atoms. The highest BCUT2D eigenvalue weighted by Crippen LogP contribution is 2.20. The van der Waals surface area contributed by atoms with Crippen molar-refractivity contribution >= 4 is 11.8 Å². The van der Waals surface area contributed by atoms with Gasteiger partial charge in [0.05, 0.1) is 12.5 Å². The molecule has 0 radical (unpaired) electrons. The van der Waals surface area contributed by atoms with Gasteiger partial charge in [-0.15, -0.1) is 0 Å². The van der Waals surface area contributed by atoms with Gasteiger partial charge in [0.2, 0.25) is 0 Å². The van der Waals surface area contributed by atoms with Gasteiger partial charge >= 0.3 is 5.97 Å². The molecule has 8 nitrogen and oxygen atoms in total. The Balaban J connectivity index is 1.46. The Morgan fingerprint density at radius 1 is 1.21 bits per heavy atom. The van der Waals surface area contributed by atoms with Crippen molar-refractivity contribution in [3.63, 3.8) is 0 Å². The third-order valence-corrected chi connectivity index (χ3v) is 6.11. The van der Waals surface area contributed by atoms with Gasteiger partial charge in [-0.25, -0.2) is 15.0 Å². The number of nitrogens with one attached hydrogen (secondary N) is 1. The molecule has 8 heteroatoms.